The summed E-state index contributed by atoms with van der Waals surface area (Å²) in [6, 6.07) is 10.2. The van der Waals surface area contributed by atoms with E-state index in [-0.39, 0.29) is 11.9 Å². The van der Waals surface area contributed by atoms with Gasteiger partial charge in [0.1, 0.15) is 11.5 Å². The molecule has 4 nitrogen and oxygen atoms in total. The zero-order valence-corrected chi connectivity index (χ0v) is 15.5. The summed E-state index contributed by atoms with van der Waals surface area (Å²) in [4.78, 5) is 25.9. The van der Waals surface area contributed by atoms with E-state index in [1.165, 1.54) is 0 Å². The third-order valence-corrected chi connectivity index (χ3v) is 6.81. The number of carbonyl (C=O) groups excluding carboxylic acids is 2. The maximum absolute atomic E-state index is 12.9. The van der Waals surface area contributed by atoms with Crippen LogP contribution in [0.1, 0.15) is 25.0 Å². The Morgan fingerprint density at radius 3 is 1.54 bits per heavy atom. The molecule has 0 spiro atoms. The molecule has 0 N–H and O–H groups in total. The van der Waals surface area contributed by atoms with E-state index in [0.29, 0.717) is 21.5 Å². The lowest BCUT2D eigenvalue weighted by atomic mass is 9.35. The molecule has 1 fully saturated rings. The van der Waals surface area contributed by atoms with E-state index in [1.54, 1.807) is 36.4 Å². The maximum Gasteiger partial charge on any atom is 0.316 e. The molecule has 0 amide bonds. The highest BCUT2D eigenvalue weighted by Crippen LogP contribution is 2.70. The van der Waals surface area contributed by atoms with Crippen LogP contribution >= 0.6 is 23.2 Å². The Kier molecular flexibility index (Phi) is 2.99. The topological polar surface area (TPSA) is 52.6 Å². The van der Waals surface area contributed by atoms with Gasteiger partial charge in [0.25, 0.3) is 0 Å². The van der Waals surface area contributed by atoms with Gasteiger partial charge >= 0.3 is 11.9 Å². The van der Waals surface area contributed by atoms with Crippen molar-refractivity contribution < 1.29 is 19.1 Å². The highest BCUT2D eigenvalue weighted by atomic mass is 35.5. The minimum atomic E-state index is -0.749. The first-order valence-corrected chi connectivity index (χ1v) is 9.07. The van der Waals surface area contributed by atoms with Crippen molar-refractivity contribution in [3.63, 3.8) is 0 Å². The van der Waals surface area contributed by atoms with E-state index < -0.39 is 22.7 Å². The monoisotopic (exact) mass is 388 g/mol. The van der Waals surface area contributed by atoms with Gasteiger partial charge in [-0.1, -0.05) is 37.0 Å². The fraction of sp³-hybridized carbons (Fsp3) is 0.300. The van der Waals surface area contributed by atoms with Crippen LogP contribution < -0.4 is 9.47 Å². The van der Waals surface area contributed by atoms with Crippen LogP contribution in [0.4, 0.5) is 0 Å². The van der Waals surface area contributed by atoms with E-state index in [1.807, 2.05) is 13.8 Å². The number of halogens is 2. The molecular weight excluding hydrogens is 375 g/mol. The van der Waals surface area contributed by atoms with Gasteiger partial charge in [0.15, 0.2) is 0 Å². The number of rotatable bonds is 0. The Bertz CT molecular complexity index is 923. The molecule has 1 aliphatic carbocycles. The van der Waals surface area contributed by atoms with Crippen LogP contribution in [0.3, 0.4) is 0 Å². The summed E-state index contributed by atoms with van der Waals surface area (Å²) in [6.45, 7) is 3.83. The van der Waals surface area contributed by atoms with Crippen LogP contribution in [0.2, 0.25) is 10.0 Å². The zero-order valence-electron chi connectivity index (χ0n) is 14.0. The predicted molar refractivity (Wildman–Crippen MR) is 95.9 cm³/mol. The van der Waals surface area contributed by atoms with Crippen molar-refractivity contribution in [2.45, 2.75) is 24.7 Å². The van der Waals surface area contributed by atoms with Gasteiger partial charge in [0, 0.05) is 32.0 Å². The van der Waals surface area contributed by atoms with Gasteiger partial charge in [-0.05, 0) is 36.4 Å². The van der Waals surface area contributed by atoms with Crippen LogP contribution in [0.25, 0.3) is 0 Å². The van der Waals surface area contributed by atoms with Crippen LogP contribution in [0.15, 0.2) is 36.4 Å². The Morgan fingerprint density at radius 2 is 1.15 bits per heavy atom. The first-order valence-electron chi connectivity index (χ1n) is 8.31. The van der Waals surface area contributed by atoms with Gasteiger partial charge in [-0.2, -0.15) is 0 Å². The molecule has 2 aromatic carbocycles. The summed E-state index contributed by atoms with van der Waals surface area (Å²) >= 11 is 12.4. The van der Waals surface area contributed by atoms with Gasteiger partial charge in [-0.3, -0.25) is 9.59 Å². The molecule has 2 aliphatic heterocycles. The van der Waals surface area contributed by atoms with E-state index in [0.717, 1.165) is 11.1 Å². The van der Waals surface area contributed by atoms with Crippen molar-refractivity contribution in [3.8, 4) is 11.5 Å². The van der Waals surface area contributed by atoms with Crippen LogP contribution in [0.5, 0.6) is 11.5 Å². The Balaban J connectivity index is 1.79. The van der Waals surface area contributed by atoms with Gasteiger partial charge < -0.3 is 9.47 Å². The van der Waals surface area contributed by atoms with Gasteiger partial charge in [0.05, 0.1) is 11.8 Å². The van der Waals surface area contributed by atoms with E-state index in [2.05, 4.69) is 0 Å². The van der Waals surface area contributed by atoms with E-state index >= 15 is 0 Å². The van der Waals surface area contributed by atoms with Crippen LogP contribution in [0, 0.1) is 11.8 Å². The number of esters is 2. The number of benzene rings is 2. The molecule has 0 radical (unpaired) electrons. The number of hydrogen-bond donors (Lipinski definition) is 0. The standard InChI is InChI=1S/C20H14Cl2O4/c1-19-11-7-9(21)3-5-13(11)25-17(23)15(19)20(2)12-8-10(22)4-6-14(12)26-18(24)16(19)20/h3-8,15-16H,1-2H3. The normalized spacial score (nSPS) is 33.7. The third kappa shape index (κ3) is 1.67. The second-order valence-electron chi connectivity index (χ2n) is 7.55. The van der Waals surface area contributed by atoms with Crippen molar-refractivity contribution in [3.05, 3.63) is 57.6 Å². The van der Waals surface area contributed by atoms with Crippen molar-refractivity contribution in [2.24, 2.45) is 11.8 Å². The SMILES string of the molecule is CC12c3cc(Cl)ccc3OC(=O)C1C1(C)c3cc(Cl)ccc3OC(=O)C21. The second-order valence-corrected chi connectivity index (χ2v) is 8.43. The van der Waals surface area contributed by atoms with E-state index in [9.17, 15) is 9.59 Å². The fourth-order valence-electron chi connectivity index (χ4n) is 5.44. The molecule has 0 unspecified atom stereocenters. The van der Waals surface area contributed by atoms with Gasteiger partial charge in [-0.25, -0.2) is 0 Å². The first-order chi connectivity index (χ1) is 12.3. The average Bonchev–Trinajstić information content (AvgIpc) is 2.56. The summed E-state index contributed by atoms with van der Waals surface area (Å²) in [5.74, 6) is -0.856. The summed E-state index contributed by atoms with van der Waals surface area (Å²) in [7, 11) is 0. The van der Waals surface area contributed by atoms with Crippen molar-refractivity contribution in [1.82, 2.24) is 0 Å². The molecular formula is C20H14Cl2O4. The maximum atomic E-state index is 12.9. The second kappa shape index (κ2) is 4.81. The van der Waals surface area contributed by atoms with Gasteiger partial charge in [-0.15, -0.1) is 0 Å². The lowest BCUT2D eigenvalue weighted by Crippen LogP contribution is -2.75. The number of fused-ring (bicyclic) bond motifs is 8. The van der Waals surface area contributed by atoms with Crippen LogP contribution in [-0.2, 0) is 20.4 Å². The number of carbonyl (C=O) groups is 2. The molecule has 5 rings (SSSR count). The molecule has 3 aliphatic rings. The third-order valence-electron chi connectivity index (χ3n) is 6.34. The Labute approximate surface area is 160 Å². The molecule has 26 heavy (non-hydrogen) atoms. The summed E-state index contributed by atoms with van der Waals surface area (Å²) in [5, 5.41) is 1.06. The minimum Gasteiger partial charge on any atom is -0.426 e. The quantitative estimate of drug-likeness (QED) is 0.498. The van der Waals surface area contributed by atoms with E-state index in [4.69, 9.17) is 32.7 Å². The van der Waals surface area contributed by atoms with Crippen molar-refractivity contribution >= 4 is 35.1 Å². The minimum absolute atomic E-state index is 0.346. The number of ether oxygens (including phenoxy) is 2. The lowest BCUT2D eigenvalue weighted by Gasteiger charge is -2.66. The predicted octanol–water partition coefficient (Wildman–Crippen LogP) is 4.29. The fourth-order valence-corrected chi connectivity index (χ4v) is 5.79. The Morgan fingerprint density at radius 1 is 0.769 bits per heavy atom. The summed E-state index contributed by atoms with van der Waals surface area (Å²) in [6.07, 6.45) is 0. The molecule has 0 saturated heterocycles. The largest absolute Gasteiger partial charge is 0.426 e. The lowest BCUT2D eigenvalue weighted by molar-refractivity contribution is -0.184. The molecule has 2 heterocycles. The van der Waals surface area contributed by atoms with Crippen molar-refractivity contribution in [2.75, 3.05) is 0 Å². The molecule has 2 aromatic rings. The number of hydrogen-bond acceptors (Lipinski definition) is 4. The average molecular weight is 389 g/mol. The first kappa shape index (κ1) is 16.2. The van der Waals surface area contributed by atoms with Crippen LogP contribution in [-0.4, -0.2) is 11.9 Å². The Hall–Kier alpha value is -2.04. The highest BCUT2D eigenvalue weighted by Gasteiger charge is 2.77. The molecule has 6 heteroatoms. The van der Waals surface area contributed by atoms with Gasteiger partial charge in [0.2, 0.25) is 0 Å². The summed E-state index contributed by atoms with van der Waals surface area (Å²) < 4.78 is 11.2. The molecule has 0 aromatic heterocycles. The molecule has 1 saturated carbocycles. The smallest absolute Gasteiger partial charge is 0.316 e. The summed E-state index contributed by atoms with van der Waals surface area (Å²) in [5.41, 5.74) is 0.0297. The highest BCUT2D eigenvalue weighted by molar-refractivity contribution is 6.31. The molecule has 132 valence electrons. The van der Waals surface area contributed by atoms with Crippen molar-refractivity contribution in [1.29, 1.82) is 0 Å². The zero-order chi connectivity index (χ0) is 18.4. The molecule has 0 atom stereocenters. The molecule has 0 bridgehead atoms.